The minimum Gasteiger partial charge on any atom is -0.304 e. The molecule has 0 amide bonds. The fraction of sp³-hybridized carbons (Fsp3) is 0.800. The highest BCUT2D eigenvalue weighted by atomic mass is 15.3. The maximum Gasteiger partial charge on any atom is 0.0762 e. The van der Waals surface area contributed by atoms with Crippen molar-refractivity contribution in [2.45, 2.75) is 13.1 Å². The Kier molecular flexibility index (Phi) is 14.2. The molecule has 12 nitrogen and oxygen atoms in total. The van der Waals surface area contributed by atoms with Gasteiger partial charge in [0.2, 0.25) is 0 Å². The van der Waals surface area contributed by atoms with Crippen LogP contribution in [0.3, 0.4) is 0 Å². The third-order valence-electron chi connectivity index (χ3n) is 9.00. The minimum atomic E-state index is 0.898. The highest BCUT2D eigenvalue weighted by Gasteiger charge is 2.18. The molecule has 42 heavy (non-hydrogen) atoms. The fourth-order valence-electron chi connectivity index (χ4n) is 5.65. The fourth-order valence-corrected chi connectivity index (χ4v) is 5.65. The van der Waals surface area contributed by atoms with Crippen LogP contribution in [0, 0.1) is 0 Å². The van der Waals surface area contributed by atoms with Crippen LogP contribution in [0.25, 0.3) is 0 Å². The Bertz CT molecular complexity index is 862. The van der Waals surface area contributed by atoms with Gasteiger partial charge in [-0.15, -0.1) is 0 Å². The SMILES string of the molecule is CN1CCN(C)CCN2CCN(C)CCN(Cc3cc[nH]n3)CCN(CC1)CCN(C)CCN(Cc1cc[nH]n1)CC2. The topological polar surface area (TPSA) is 83.3 Å². The van der Waals surface area contributed by atoms with Crippen molar-refractivity contribution < 1.29 is 0 Å². The number of likely N-dealkylation sites (N-methyl/N-ethyl adjacent to an activating group) is 4. The molecule has 2 bridgehead atoms. The second kappa shape index (κ2) is 18.0. The van der Waals surface area contributed by atoms with Crippen LogP contribution in [-0.4, -0.2) is 206 Å². The van der Waals surface area contributed by atoms with Gasteiger partial charge in [-0.3, -0.25) is 29.8 Å². The molecule has 3 fully saturated rings. The average Bonchev–Trinajstić information content (AvgIpc) is 3.70. The molecule has 12 heteroatoms. The van der Waals surface area contributed by atoms with E-state index in [4.69, 9.17) is 0 Å². The van der Waals surface area contributed by atoms with Gasteiger partial charge in [-0.1, -0.05) is 0 Å². The van der Waals surface area contributed by atoms with Gasteiger partial charge in [0.1, 0.15) is 0 Å². The lowest BCUT2D eigenvalue weighted by molar-refractivity contribution is 0.126. The van der Waals surface area contributed by atoms with Gasteiger partial charge in [0.15, 0.2) is 0 Å². The smallest absolute Gasteiger partial charge is 0.0762 e. The Balaban J connectivity index is 1.51. The molecule has 3 aliphatic heterocycles. The molecule has 5 rings (SSSR count). The van der Waals surface area contributed by atoms with Crippen LogP contribution >= 0.6 is 0 Å². The number of H-pyrrole nitrogens is 2. The van der Waals surface area contributed by atoms with Crippen LogP contribution < -0.4 is 0 Å². The number of aromatic amines is 2. The molecule has 2 aromatic heterocycles. The van der Waals surface area contributed by atoms with E-state index >= 15 is 0 Å². The van der Waals surface area contributed by atoms with Crippen molar-refractivity contribution in [3.8, 4) is 0 Å². The van der Waals surface area contributed by atoms with E-state index in [2.05, 4.69) is 99.9 Å². The number of hydrogen-bond donors (Lipinski definition) is 2. The summed E-state index contributed by atoms with van der Waals surface area (Å²) in [6, 6.07) is 4.22. The zero-order valence-corrected chi connectivity index (χ0v) is 26.9. The second-order valence-corrected chi connectivity index (χ2v) is 12.6. The highest BCUT2D eigenvalue weighted by Crippen LogP contribution is 2.06. The van der Waals surface area contributed by atoms with Crippen LogP contribution in [0.2, 0.25) is 0 Å². The van der Waals surface area contributed by atoms with E-state index in [1.54, 1.807) is 0 Å². The number of rotatable bonds is 4. The van der Waals surface area contributed by atoms with Crippen molar-refractivity contribution in [2.24, 2.45) is 0 Å². The summed E-state index contributed by atoms with van der Waals surface area (Å²) in [5.41, 5.74) is 2.25. The molecular formula is C30H58N12. The van der Waals surface area contributed by atoms with E-state index in [1.807, 2.05) is 12.4 Å². The Morgan fingerprint density at radius 3 is 1.07 bits per heavy atom. The van der Waals surface area contributed by atoms with E-state index in [0.717, 1.165) is 142 Å². The lowest BCUT2D eigenvalue weighted by atomic mass is 10.3. The lowest BCUT2D eigenvalue weighted by Crippen LogP contribution is -2.47. The molecule has 0 aliphatic carbocycles. The zero-order valence-electron chi connectivity index (χ0n) is 26.9. The molecule has 2 unspecified atom stereocenters. The molecule has 0 aromatic carbocycles. The summed E-state index contributed by atoms with van der Waals surface area (Å²) >= 11 is 0. The molecular weight excluding hydrogens is 528 g/mol. The number of hydrogen-bond acceptors (Lipinski definition) is 10. The van der Waals surface area contributed by atoms with E-state index in [0.29, 0.717) is 0 Å². The summed E-state index contributed by atoms with van der Waals surface area (Å²) in [7, 11) is 9.15. The molecule has 2 atom stereocenters. The third kappa shape index (κ3) is 12.4. The molecule has 3 saturated heterocycles. The van der Waals surface area contributed by atoms with Gasteiger partial charge in [-0.2, -0.15) is 10.2 Å². The standard InChI is InChI=1S/C30H58N12/c1-35-9-10-36(2)12-18-40-20-14-38(4)16-21-41(27-29-5-7-31-33-29)25-23-39(17-11-35)19-13-37(3)15-22-42(26-24-40)28-30-6-8-32-34-30/h5-8H,9-28H2,1-4H3,(H,31,33)(H,32,34). The molecule has 3 aliphatic rings. The largest absolute Gasteiger partial charge is 0.304 e. The average molecular weight is 587 g/mol. The Labute approximate surface area is 254 Å². The predicted molar refractivity (Wildman–Crippen MR) is 171 cm³/mol. The number of fused-ring (bicyclic) bond motifs is 21. The molecule has 0 spiro atoms. The quantitative estimate of drug-likeness (QED) is 0.503. The van der Waals surface area contributed by atoms with Crippen LogP contribution in [0.1, 0.15) is 11.4 Å². The normalized spacial score (nSPS) is 26.4. The summed E-state index contributed by atoms with van der Waals surface area (Å²) in [5.74, 6) is 0. The van der Waals surface area contributed by atoms with E-state index < -0.39 is 0 Å². The Morgan fingerprint density at radius 2 is 0.738 bits per heavy atom. The summed E-state index contributed by atoms with van der Waals surface area (Å²) in [6.07, 6.45) is 3.88. The minimum absolute atomic E-state index is 0.898. The van der Waals surface area contributed by atoms with Crippen LogP contribution in [-0.2, 0) is 13.1 Å². The van der Waals surface area contributed by atoms with Crippen LogP contribution in [0.4, 0.5) is 0 Å². The van der Waals surface area contributed by atoms with Crippen molar-refractivity contribution in [1.29, 1.82) is 0 Å². The zero-order chi connectivity index (χ0) is 29.6. The molecule has 0 radical (unpaired) electrons. The van der Waals surface area contributed by atoms with Crippen molar-refractivity contribution in [1.82, 2.24) is 59.6 Å². The third-order valence-corrected chi connectivity index (χ3v) is 9.00. The molecule has 5 heterocycles. The maximum absolute atomic E-state index is 4.47. The monoisotopic (exact) mass is 586 g/mol. The first kappa shape index (κ1) is 33.0. The Hall–Kier alpha value is -1.90. The highest BCUT2D eigenvalue weighted by molar-refractivity contribution is 4.98. The van der Waals surface area contributed by atoms with Crippen molar-refractivity contribution >= 4 is 0 Å². The van der Waals surface area contributed by atoms with Gasteiger partial charge in [-0.05, 0) is 40.3 Å². The van der Waals surface area contributed by atoms with Crippen molar-refractivity contribution in [3.63, 3.8) is 0 Å². The first-order chi connectivity index (χ1) is 20.4. The lowest BCUT2D eigenvalue weighted by Gasteiger charge is -2.34. The van der Waals surface area contributed by atoms with E-state index in [9.17, 15) is 0 Å². The molecule has 2 N–H and O–H groups in total. The first-order valence-corrected chi connectivity index (χ1v) is 16.0. The van der Waals surface area contributed by atoms with Gasteiger partial charge in [0.25, 0.3) is 0 Å². The van der Waals surface area contributed by atoms with E-state index in [1.165, 1.54) is 0 Å². The van der Waals surface area contributed by atoms with Crippen molar-refractivity contribution in [3.05, 3.63) is 35.9 Å². The number of nitrogens with zero attached hydrogens (tertiary/aromatic N) is 10. The summed E-state index contributed by atoms with van der Waals surface area (Å²) < 4.78 is 0. The van der Waals surface area contributed by atoms with Gasteiger partial charge in [0, 0.05) is 143 Å². The number of nitrogens with one attached hydrogen (secondary N) is 2. The molecule has 0 saturated carbocycles. The van der Waals surface area contributed by atoms with Gasteiger partial charge in [0.05, 0.1) is 11.4 Å². The maximum atomic E-state index is 4.47. The van der Waals surface area contributed by atoms with Crippen molar-refractivity contribution in [2.75, 3.05) is 146 Å². The second-order valence-electron chi connectivity index (χ2n) is 12.6. The van der Waals surface area contributed by atoms with Gasteiger partial charge >= 0.3 is 0 Å². The molecule has 238 valence electrons. The van der Waals surface area contributed by atoms with Gasteiger partial charge < -0.3 is 19.6 Å². The van der Waals surface area contributed by atoms with Crippen LogP contribution in [0.5, 0.6) is 0 Å². The summed E-state index contributed by atoms with van der Waals surface area (Å²) in [4.78, 5) is 20.6. The van der Waals surface area contributed by atoms with Gasteiger partial charge in [-0.25, -0.2) is 0 Å². The first-order valence-electron chi connectivity index (χ1n) is 16.0. The van der Waals surface area contributed by atoms with E-state index in [-0.39, 0.29) is 0 Å². The summed E-state index contributed by atoms with van der Waals surface area (Å²) in [6.45, 7) is 21.3. The Morgan fingerprint density at radius 1 is 0.452 bits per heavy atom. The summed E-state index contributed by atoms with van der Waals surface area (Å²) in [5, 5.41) is 15.0. The molecule has 2 aromatic rings. The number of aromatic nitrogens is 4. The van der Waals surface area contributed by atoms with Crippen LogP contribution in [0.15, 0.2) is 24.5 Å². The predicted octanol–water partition coefficient (Wildman–Crippen LogP) is -0.205.